The lowest BCUT2D eigenvalue weighted by Crippen LogP contribution is -2.27. The Morgan fingerprint density at radius 3 is 1.35 bits per heavy atom. The number of ether oxygens (including phenoxy) is 1. The molecule has 0 heterocycles. The zero-order valence-electron chi connectivity index (χ0n) is 31.2. The van der Waals surface area contributed by atoms with E-state index in [9.17, 15) is 24.2 Å². The molecular weight excluding hydrogens is 629 g/mol. The van der Waals surface area contributed by atoms with Gasteiger partial charge in [-0.25, -0.2) is 4.57 Å². The maximum absolute atomic E-state index is 12.0. The molecule has 2 atom stereocenters. The number of amides is 1. The normalized spacial score (nSPS) is 13.3. The second-order valence-electron chi connectivity index (χ2n) is 13.6. The minimum absolute atomic E-state index is 0.0881. The molecule has 3 N–H and O–H groups in total. The van der Waals surface area contributed by atoms with Crippen molar-refractivity contribution in [3.05, 3.63) is 0 Å². The highest BCUT2D eigenvalue weighted by molar-refractivity contribution is 7.47. The predicted octanol–water partition coefficient (Wildman–Crippen LogP) is 10.5. The van der Waals surface area contributed by atoms with Crippen LogP contribution in [-0.2, 0) is 27.9 Å². The summed E-state index contributed by atoms with van der Waals surface area (Å²) >= 11 is 0. The van der Waals surface area contributed by atoms with Crippen LogP contribution in [0, 0.1) is 0 Å². The monoisotopic (exact) mass is 706 g/mol. The van der Waals surface area contributed by atoms with Crippen molar-refractivity contribution in [2.24, 2.45) is 0 Å². The maximum Gasteiger partial charge on any atom is 0.472 e. The van der Waals surface area contributed by atoms with Gasteiger partial charge in [-0.1, -0.05) is 174 Å². The molecule has 0 aromatic rings. The quantitative estimate of drug-likeness (QED) is 0.0329. The molecule has 0 aromatic carbocycles. The molecule has 0 radical (unpaired) electrons. The van der Waals surface area contributed by atoms with Crippen molar-refractivity contribution >= 4 is 19.7 Å². The molecule has 2 unspecified atom stereocenters. The number of esters is 1. The summed E-state index contributed by atoms with van der Waals surface area (Å²) in [6.07, 6.45) is 33.2. The Bertz CT molecular complexity index is 769. The van der Waals surface area contributed by atoms with E-state index in [0.717, 1.165) is 38.5 Å². The molecule has 0 spiro atoms. The molecule has 0 saturated carbocycles. The molecule has 9 nitrogen and oxygen atoms in total. The molecule has 1 amide bonds. The van der Waals surface area contributed by atoms with Gasteiger partial charge in [0.15, 0.2) is 0 Å². The SMILES string of the molecule is CCCCCCCCCCCCCCCCCCC(=O)NCCOP(=O)(O)OCC(O)COC(=O)CCCCCCCCCCCCC. The first-order valence-electron chi connectivity index (χ1n) is 20.0. The van der Waals surface area contributed by atoms with Gasteiger partial charge >= 0.3 is 13.8 Å². The summed E-state index contributed by atoms with van der Waals surface area (Å²) in [4.78, 5) is 33.7. The fourth-order valence-electron chi connectivity index (χ4n) is 5.73. The van der Waals surface area contributed by atoms with Crippen LogP contribution in [0.3, 0.4) is 0 Å². The lowest BCUT2D eigenvalue weighted by molar-refractivity contribution is -0.147. The van der Waals surface area contributed by atoms with Crippen LogP contribution in [0.25, 0.3) is 0 Å². The van der Waals surface area contributed by atoms with Gasteiger partial charge in [0.1, 0.15) is 12.7 Å². The van der Waals surface area contributed by atoms with Crippen LogP contribution >= 0.6 is 7.82 Å². The van der Waals surface area contributed by atoms with Crippen LogP contribution in [0.2, 0.25) is 0 Å². The van der Waals surface area contributed by atoms with Crippen LogP contribution in [0.15, 0.2) is 0 Å². The van der Waals surface area contributed by atoms with Crippen molar-refractivity contribution in [3.63, 3.8) is 0 Å². The second-order valence-corrected chi connectivity index (χ2v) is 15.1. The summed E-state index contributed by atoms with van der Waals surface area (Å²) in [5.74, 6) is -0.508. The average molecular weight is 706 g/mol. The largest absolute Gasteiger partial charge is 0.472 e. The molecule has 0 aliphatic carbocycles. The number of phosphoric ester groups is 1. The first-order valence-corrected chi connectivity index (χ1v) is 21.5. The van der Waals surface area contributed by atoms with Crippen LogP contribution in [0.4, 0.5) is 0 Å². The zero-order valence-corrected chi connectivity index (χ0v) is 32.1. The molecule has 0 aliphatic rings. The summed E-state index contributed by atoms with van der Waals surface area (Å²) in [6, 6.07) is 0. The lowest BCUT2D eigenvalue weighted by Gasteiger charge is -2.15. The van der Waals surface area contributed by atoms with Crippen LogP contribution in [-0.4, -0.2) is 54.3 Å². The number of carbonyl (C=O) groups is 2. The van der Waals surface area contributed by atoms with E-state index in [1.165, 1.54) is 135 Å². The van der Waals surface area contributed by atoms with Crippen LogP contribution in [0.1, 0.15) is 200 Å². The van der Waals surface area contributed by atoms with Crippen LogP contribution < -0.4 is 5.32 Å². The summed E-state index contributed by atoms with van der Waals surface area (Å²) < 4.78 is 26.8. The number of unbranched alkanes of at least 4 members (excludes halogenated alkanes) is 25. The summed E-state index contributed by atoms with van der Waals surface area (Å²) in [5, 5.41) is 12.6. The molecule has 0 fully saturated rings. The smallest absolute Gasteiger partial charge is 0.463 e. The first-order chi connectivity index (χ1) is 23.3. The van der Waals surface area contributed by atoms with Gasteiger partial charge in [0.2, 0.25) is 5.91 Å². The van der Waals surface area contributed by atoms with Crippen molar-refractivity contribution in [2.45, 2.75) is 206 Å². The molecule has 0 aliphatic heterocycles. The number of carbonyl (C=O) groups excluding carboxylic acids is 2. The van der Waals surface area contributed by atoms with E-state index in [2.05, 4.69) is 19.2 Å². The highest BCUT2D eigenvalue weighted by Gasteiger charge is 2.23. The van der Waals surface area contributed by atoms with E-state index >= 15 is 0 Å². The first kappa shape index (κ1) is 47.0. The summed E-state index contributed by atoms with van der Waals surface area (Å²) in [5.41, 5.74) is 0. The Balaban J connectivity index is 3.57. The summed E-state index contributed by atoms with van der Waals surface area (Å²) in [7, 11) is -4.40. The molecule has 0 aromatic heterocycles. The number of hydrogen-bond donors (Lipinski definition) is 3. The molecule has 0 saturated heterocycles. The Kier molecular flexibility index (Phi) is 35.1. The van der Waals surface area contributed by atoms with E-state index in [4.69, 9.17) is 13.8 Å². The van der Waals surface area contributed by atoms with Gasteiger partial charge in [0, 0.05) is 19.4 Å². The van der Waals surface area contributed by atoms with E-state index in [-0.39, 0.29) is 32.1 Å². The zero-order chi connectivity index (χ0) is 35.4. The number of aliphatic hydroxyl groups excluding tert-OH is 1. The minimum atomic E-state index is -4.40. The van der Waals surface area contributed by atoms with Crippen molar-refractivity contribution in [1.29, 1.82) is 0 Å². The van der Waals surface area contributed by atoms with Gasteiger partial charge in [0.25, 0.3) is 0 Å². The molecule has 286 valence electrons. The predicted molar refractivity (Wildman–Crippen MR) is 197 cm³/mol. The molecule has 10 heteroatoms. The average Bonchev–Trinajstić information content (AvgIpc) is 3.07. The molecular formula is C38H76NO8P. The van der Waals surface area contributed by atoms with Gasteiger partial charge in [-0.15, -0.1) is 0 Å². The number of nitrogens with one attached hydrogen (secondary N) is 1. The van der Waals surface area contributed by atoms with Crippen LogP contribution in [0.5, 0.6) is 0 Å². The third-order valence-corrected chi connectivity index (χ3v) is 9.77. The third-order valence-electron chi connectivity index (χ3n) is 8.79. The Labute approximate surface area is 295 Å². The van der Waals surface area contributed by atoms with Gasteiger partial charge < -0.3 is 20.1 Å². The van der Waals surface area contributed by atoms with Gasteiger partial charge in [0.05, 0.1) is 13.2 Å². The van der Waals surface area contributed by atoms with E-state index in [0.29, 0.717) is 6.42 Å². The van der Waals surface area contributed by atoms with Crippen molar-refractivity contribution in [1.82, 2.24) is 5.32 Å². The fourth-order valence-corrected chi connectivity index (χ4v) is 6.49. The van der Waals surface area contributed by atoms with E-state index in [1.807, 2.05) is 0 Å². The van der Waals surface area contributed by atoms with Crippen molar-refractivity contribution < 1.29 is 37.9 Å². The topological polar surface area (TPSA) is 131 Å². The maximum atomic E-state index is 12.0. The number of hydrogen-bond acceptors (Lipinski definition) is 7. The fraction of sp³-hybridized carbons (Fsp3) is 0.947. The van der Waals surface area contributed by atoms with E-state index < -0.39 is 26.5 Å². The lowest BCUT2D eigenvalue weighted by atomic mass is 10.0. The third kappa shape index (κ3) is 36.3. The number of phosphoric acid groups is 1. The number of aliphatic hydroxyl groups is 1. The second kappa shape index (κ2) is 35.8. The Hall–Kier alpha value is -0.990. The van der Waals surface area contributed by atoms with Gasteiger partial charge in [-0.2, -0.15) is 0 Å². The highest BCUT2D eigenvalue weighted by Crippen LogP contribution is 2.42. The van der Waals surface area contributed by atoms with E-state index in [1.54, 1.807) is 0 Å². The molecule has 0 rings (SSSR count). The molecule has 0 bridgehead atoms. The van der Waals surface area contributed by atoms with Gasteiger partial charge in [-0.3, -0.25) is 18.6 Å². The van der Waals surface area contributed by atoms with Crippen molar-refractivity contribution in [2.75, 3.05) is 26.4 Å². The number of rotatable bonds is 38. The van der Waals surface area contributed by atoms with Crippen molar-refractivity contribution in [3.8, 4) is 0 Å². The molecule has 48 heavy (non-hydrogen) atoms. The minimum Gasteiger partial charge on any atom is -0.463 e. The Morgan fingerprint density at radius 1 is 0.562 bits per heavy atom. The Morgan fingerprint density at radius 2 is 0.938 bits per heavy atom. The highest BCUT2D eigenvalue weighted by atomic mass is 31.2. The standard InChI is InChI=1S/C38H76NO8P/c1-3-5-7-9-11-13-15-16-17-18-19-21-22-24-26-28-30-37(41)39-32-33-46-48(43,44)47-35-36(40)34-45-38(42)31-29-27-25-23-20-14-12-10-8-6-4-2/h36,40H,3-35H2,1-2H3,(H,39,41)(H,43,44). The summed E-state index contributed by atoms with van der Waals surface area (Å²) in [6.45, 7) is 3.57. The van der Waals surface area contributed by atoms with Gasteiger partial charge in [-0.05, 0) is 12.8 Å².